The summed E-state index contributed by atoms with van der Waals surface area (Å²) in [6.45, 7) is 0. The minimum absolute atomic E-state index is 0.0446. The molecule has 3 saturated carbocycles. The molecule has 2 bridgehead atoms. The number of aromatic amines is 1. The smallest absolute Gasteiger partial charge is 0.251 e. The number of rotatable bonds is 4. The highest BCUT2D eigenvalue weighted by Gasteiger charge is 2.60. The van der Waals surface area contributed by atoms with Crippen LogP contribution in [0.25, 0.3) is 11.0 Å². The van der Waals surface area contributed by atoms with E-state index in [1.54, 1.807) is 24.3 Å². The number of benzene rings is 2. The zero-order chi connectivity index (χ0) is 19.2. The van der Waals surface area contributed by atoms with Gasteiger partial charge in [0.2, 0.25) is 4.91 Å². The molecule has 3 N–H and O–H groups in total. The summed E-state index contributed by atoms with van der Waals surface area (Å²) in [4.78, 5) is 24.1. The Hall–Kier alpha value is -3.31. The molecule has 7 nitrogen and oxygen atoms in total. The Morgan fingerprint density at radius 1 is 1.14 bits per heavy atom. The number of carbonyl (C=O) groups is 1. The topological polar surface area (TPSA) is 108 Å². The standard InChI is InChI=1S/C21H20N6O/c22-27-26-15-8-6-14(7-9-15)18(28)25-21-11-3-10-20(12-21,13-21)19-23-16-4-1-2-5-17(16)24-19/h1-2,4-9,22H,3,10-13H2,(H-,23,24,25,28)/p+1. The fraction of sp³-hybridized carbons (Fsp3) is 0.333. The third kappa shape index (κ3) is 2.63. The maximum absolute atomic E-state index is 12.8. The van der Waals surface area contributed by atoms with E-state index in [0.717, 1.165) is 49.0 Å². The molecule has 140 valence electrons. The molecule has 28 heavy (non-hydrogen) atoms. The zero-order valence-corrected chi connectivity index (χ0v) is 15.4. The Kier molecular flexibility index (Phi) is 3.67. The summed E-state index contributed by atoms with van der Waals surface area (Å²) in [7, 11) is 0. The SMILES string of the molecule is N=[N+]=Nc1ccc(C(=O)NC23CCCC(c4nc5ccccc5[nH]4)(C2)C3)cc1. The number of H-pyrrole nitrogens is 1. The van der Waals surface area contributed by atoms with Crippen LogP contribution in [0.1, 0.15) is 48.3 Å². The van der Waals surface area contributed by atoms with Crippen molar-refractivity contribution < 1.29 is 4.79 Å². The van der Waals surface area contributed by atoms with Gasteiger partial charge in [-0.25, -0.2) is 4.98 Å². The van der Waals surface area contributed by atoms with E-state index in [4.69, 9.17) is 10.5 Å². The van der Waals surface area contributed by atoms with Crippen molar-refractivity contribution in [2.45, 2.75) is 43.1 Å². The molecule has 3 fully saturated rings. The fourth-order valence-corrected chi connectivity index (χ4v) is 5.05. The molecule has 3 aliphatic carbocycles. The lowest BCUT2D eigenvalue weighted by Gasteiger charge is -2.60. The Morgan fingerprint density at radius 2 is 1.93 bits per heavy atom. The van der Waals surface area contributed by atoms with Crippen LogP contribution in [-0.2, 0) is 5.41 Å². The summed E-state index contributed by atoms with van der Waals surface area (Å²) in [6, 6.07) is 15.0. The van der Waals surface area contributed by atoms with Crippen LogP contribution in [0.3, 0.4) is 0 Å². The Labute approximate surface area is 161 Å². The van der Waals surface area contributed by atoms with Crippen LogP contribution in [-0.4, -0.2) is 21.4 Å². The lowest BCUT2D eigenvalue weighted by atomic mass is 9.49. The molecule has 0 radical (unpaired) electrons. The normalized spacial score (nSPS) is 25.6. The Bertz CT molecular complexity index is 1070. The molecule has 1 amide bonds. The van der Waals surface area contributed by atoms with Gasteiger partial charge in [0, 0.05) is 16.5 Å². The van der Waals surface area contributed by atoms with Gasteiger partial charge < -0.3 is 10.3 Å². The molecule has 3 aromatic rings. The molecule has 0 aliphatic heterocycles. The summed E-state index contributed by atoms with van der Waals surface area (Å²) in [5, 5.41) is 6.94. The number of hydrogen-bond acceptors (Lipinski definition) is 4. The lowest BCUT2D eigenvalue weighted by Crippen LogP contribution is -2.66. The Balaban J connectivity index is 1.34. The first kappa shape index (κ1) is 16.8. The molecule has 1 heterocycles. The number of amides is 1. The number of para-hydroxylation sites is 2. The molecule has 0 spiro atoms. The summed E-state index contributed by atoms with van der Waals surface area (Å²) < 4.78 is 0. The van der Waals surface area contributed by atoms with E-state index in [2.05, 4.69) is 26.4 Å². The molecular formula is C21H21N6O+. The van der Waals surface area contributed by atoms with Gasteiger partial charge in [0.1, 0.15) is 11.4 Å². The first-order chi connectivity index (χ1) is 13.6. The third-order valence-electron chi connectivity index (χ3n) is 6.23. The van der Waals surface area contributed by atoms with E-state index in [9.17, 15) is 4.79 Å². The zero-order valence-electron chi connectivity index (χ0n) is 15.4. The van der Waals surface area contributed by atoms with E-state index in [0.29, 0.717) is 11.3 Å². The minimum Gasteiger partial charge on any atom is -0.347 e. The summed E-state index contributed by atoms with van der Waals surface area (Å²) in [5.41, 5.74) is 9.92. The molecule has 1 aromatic heterocycles. The maximum Gasteiger partial charge on any atom is 0.251 e. The van der Waals surface area contributed by atoms with Crippen LogP contribution in [0, 0.1) is 5.53 Å². The van der Waals surface area contributed by atoms with Crippen molar-refractivity contribution >= 4 is 22.6 Å². The van der Waals surface area contributed by atoms with Gasteiger partial charge in [-0.1, -0.05) is 18.6 Å². The average Bonchev–Trinajstić information content (AvgIpc) is 3.13. The van der Waals surface area contributed by atoms with E-state index in [-0.39, 0.29) is 16.9 Å². The van der Waals surface area contributed by atoms with E-state index < -0.39 is 0 Å². The number of imidazole rings is 1. The van der Waals surface area contributed by atoms with Gasteiger partial charge in [0.25, 0.3) is 5.91 Å². The van der Waals surface area contributed by atoms with Crippen LogP contribution in [0.2, 0.25) is 0 Å². The predicted octanol–water partition coefficient (Wildman–Crippen LogP) is 4.13. The van der Waals surface area contributed by atoms with Gasteiger partial charge in [-0.3, -0.25) is 4.79 Å². The molecule has 7 heteroatoms. The van der Waals surface area contributed by atoms with E-state index in [1.807, 2.05) is 18.2 Å². The molecule has 6 rings (SSSR count). The predicted molar refractivity (Wildman–Crippen MR) is 104 cm³/mol. The van der Waals surface area contributed by atoms with Crippen molar-refractivity contribution in [3.05, 3.63) is 59.9 Å². The Morgan fingerprint density at radius 3 is 2.68 bits per heavy atom. The number of aromatic nitrogens is 2. The average molecular weight is 373 g/mol. The minimum atomic E-state index is -0.145. The number of fused-ring (bicyclic) bond motifs is 3. The van der Waals surface area contributed by atoms with Gasteiger partial charge in [-0.05, 0) is 62.1 Å². The van der Waals surface area contributed by atoms with Crippen molar-refractivity contribution in [2.75, 3.05) is 0 Å². The molecule has 2 aromatic carbocycles. The summed E-state index contributed by atoms with van der Waals surface area (Å²) >= 11 is 0. The second-order valence-electron chi connectivity index (χ2n) is 8.07. The van der Waals surface area contributed by atoms with Gasteiger partial charge in [0.15, 0.2) is 10.8 Å². The van der Waals surface area contributed by atoms with Crippen LogP contribution in [0.5, 0.6) is 0 Å². The largest absolute Gasteiger partial charge is 0.347 e. The van der Waals surface area contributed by atoms with Crippen LogP contribution < -0.4 is 10.2 Å². The second-order valence-corrected chi connectivity index (χ2v) is 8.07. The number of nitrogens with one attached hydrogen (secondary N) is 3. The van der Waals surface area contributed by atoms with Gasteiger partial charge >= 0.3 is 0 Å². The maximum atomic E-state index is 12.8. The highest BCUT2D eigenvalue weighted by molar-refractivity contribution is 5.95. The second kappa shape index (κ2) is 6.11. The molecular weight excluding hydrogens is 352 g/mol. The van der Waals surface area contributed by atoms with Gasteiger partial charge in [0.05, 0.1) is 11.0 Å². The highest BCUT2D eigenvalue weighted by Crippen LogP contribution is 2.58. The first-order valence-corrected chi connectivity index (χ1v) is 9.57. The summed E-state index contributed by atoms with van der Waals surface area (Å²) in [6.07, 6.45) is 5.05. The van der Waals surface area contributed by atoms with Crippen molar-refractivity contribution in [1.82, 2.24) is 20.2 Å². The number of nitrogens with zero attached hydrogens (tertiary/aromatic N) is 3. The van der Waals surface area contributed by atoms with Crippen LogP contribution >= 0.6 is 0 Å². The van der Waals surface area contributed by atoms with Crippen molar-refractivity contribution in [1.29, 1.82) is 5.53 Å². The van der Waals surface area contributed by atoms with Crippen LogP contribution in [0.15, 0.2) is 53.6 Å². The first-order valence-electron chi connectivity index (χ1n) is 9.57. The third-order valence-corrected chi connectivity index (χ3v) is 6.23. The van der Waals surface area contributed by atoms with E-state index in [1.165, 1.54) is 0 Å². The highest BCUT2D eigenvalue weighted by atomic mass is 16.1. The molecule has 0 unspecified atom stereocenters. The quantitative estimate of drug-likeness (QED) is 0.472. The van der Waals surface area contributed by atoms with Gasteiger partial charge in [-0.2, -0.15) is 0 Å². The van der Waals surface area contributed by atoms with Crippen LogP contribution in [0.4, 0.5) is 5.69 Å². The van der Waals surface area contributed by atoms with Crippen molar-refractivity contribution in [2.24, 2.45) is 5.11 Å². The fourth-order valence-electron chi connectivity index (χ4n) is 5.05. The lowest BCUT2D eigenvalue weighted by molar-refractivity contribution is 0.00534. The van der Waals surface area contributed by atoms with Crippen molar-refractivity contribution in [3.8, 4) is 0 Å². The molecule has 0 atom stereocenters. The van der Waals surface area contributed by atoms with E-state index >= 15 is 0 Å². The summed E-state index contributed by atoms with van der Waals surface area (Å²) in [5.74, 6) is 0.998. The van der Waals surface area contributed by atoms with Crippen molar-refractivity contribution in [3.63, 3.8) is 0 Å². The number of hydrogen-bond donors (Lipinski definition) is 3. The number of carbonyl (C=O) groups excluding carboxylic acids is 1. The molecule has 0 saturated heterocycles. The van der Waals surface area contributed by atoms with Gasteiger partial charge in [-0.15, -0.1) is 0 Å². The molecule has 3 aliphatic rings. The monoisotopic (exact) mass is 373 g/mol.